The lowest BCUT2D eigenvalue weighted by Gasteiger charge is -2.26. The van der Waals surface area contributed by atoms with Gasteiger partial charge in [-0.1, -0.05) is 149 Å². The summed E-state index contributed by atoms with van der Waals surface area (Å²) >= 11 is 0. The minimum Gasteiger partial charge on any atom is -0.0622 e. The predicted molar refractivity (Wildman–Crippen MR) is 187 cm³/mol. The molecule has 0 amide bonds. The lowest BCUT2D eigenvalue weighted by Crippen LogP contribution is -2.18. The summed E-state index contributed by atoms with van der Waals surface area (Å²) < 4.78 is 71.9. The lowest BCUT2D eigenvalue weighted by atomic mass is 9.77. The van der Waals surface area contributed by atoms with Crippen LogP contribution in [0.25, 0.3) is 66.1 Å². The second kappa shape index (κ2) is 8.80. The molecule has 7 aromatic carbocycles. The largest absolute Gasteiger partial charge is 0.0629 e. The second-order valence-electron chi connectivity index (χ2n) is 13.1. The molecule has 210 valence electrons. The zero-order chi connectivity index (χ0) is 36.8. The summed E-state index contributed by atoms with van der Waals surface area (Å²) in [7, 11) is 0. The number of benzene rings is 7. The van der Waals surface area contributed by atoms with Crippen LogP contribution in [0.4, 0.5) is 0 Å². The van der Waals surface area contributed by atoms with Gasteiger partial charge in [-0.3, -0.25) is 0 Å². The molecule has 0 bridgehead atoms. The molecule has 0 aromatic heterocycles. The summed E-state index contributed by atoms with van der Waals surface area (Å²) in [5.41, 5.74) is 10.9. The predicted octanol–water partition coefficient (Wildman–Crippen LogP) is 11.9. The van der Waals surface area contributed by atoms with Gasteiger partial charge in [0.15, 0.2) is 0 Å². The highest BCUT2D eigenvalue weighted by molar-refractivity contribution is 6.21. The number of hydrogen-bond acceptors (Lipinski definition) is 0. The summed E-state index contributed by atoms with van der Waals surface area (Å²) in [4.78, 5) is 0. The molecule has 0 heteroatoms. The third kappa shape index (κ3) is 3.29. The highest BCUT2D eigenvalue weighted by Gasteiger charge is 2.41. The molecule has 0 aliphatic heterocycles. The average molecular weight is 571 g/mol. The topological polar surface area (TPSA) is 0 Å². The first kappa shape index (κ1) is 18.7. The molecule has 7 aromatic rings. The van der Waals surface area contributed by atoms with Crippen molar-refractivity contribution in [3.8, 4) is 44.5 Å². The van der Waals surface area contributed by atoms with Gasteiger partial charge < -0.3 is 0 Å². The van der Waals surface area contributed by atoms with E-state index in [-0.39, 0.29) is 51.1 Å². The summed E-state index contributed by atoms with van der Waals surface area (Å²) in [6, 6.07) is 25.8. The SMILES string of the molecule is [2H]c1c([2H])c([2H])c2c(-c3ccc4c(c3)C(C)(C)c3cc5c(cc3-4)-c3ccccc3C5(C)C)c3c([2H])c([2H])c([2H])c([2H])c3c(-c3ccccc3)c2c1[2H]. The Morgan fingerprint density at radius 3 is 1.50 bits per heavy atom. The van der Waals surface area contributed by atoms with Gasteiger partial charge in [0.2, 0.25) is 0 Å². The average Bonchev–Trinajstić information content (AvgIpc) is 3.51. The van der Waals surface area contributed by atoms with Gasteiger partial charge in [-0.2, -0.15) is 0 Å². The Kier molecular flexibility index (Phi) is 3.73. The first-order valence-electron chi connectivity index (χ1n) is 19.1. The van der Waals surface area contributed by atoms with E-state index in [9.17, 15) is 5.48 Å². The van der Waals surface area contributed by atoms with Crippen LogP contribution in [0.2, 0.25) is 0 Å². The molecular formula is C44H34. The molecule has 0 unspecified atom stereocenters. The quantitative estimate of drug-likeness (QED) is 0.181. The van der Waals surface area contributed by atoms with Crippen LogP contribution in [0.5, 0.6) is 0 Å². The molecular weight excluding hydrogens is 528 g/mol. The minimum absolute atomic E-state index is 0.165. The molecule has 9 rings (SSSR count). The van der Waals surface area contributed by atoms with Crippen molar-refractivity contribution in [2.24, 2.45) is 0 Å². The van der Waals surface area contributed by atoms with Crippen LogP contribution in [0.3, 0.4) is 0 Å². The minimum atomic E-state index is -0.436. The van der Waals surface area contributed by atoms with Crippen molar-refractivity contribution in [1.29, 1.82) is 0 Å². The summed E-state index contributed by atoms with van der Waals surface area (Å²) in [6.45, 7) is 8.96. The monoisotopic (exact) mass is 570 g/mol. The standard InChI is InChI=1S/C44H34/c1-43(2)37-21-13-12-16-29(37)35-25-36-30-23-22-28(24-38(30)44(3,4)40(36)26-39(35)43)42-33-19-10-8-17-31(33)41(27-14-6-5-7-15-27)32-18-9-11-20-34(32)42/h5-26H,1-4H3/i8D,9D,10D,11D,17D,18D,19D,20D. The molecule has 0 spiro atoms. The van der Waals surface area contributed by atoms with Gasteiger partial charge in [-0.05, 0) is 100 Å². The Morgan fingerprint density at radius 1 is 0.409 bits per heavy atom. The second-order valence-corrected chi connectivity index (χ2v) is 13.1. The van der Waals surface area contributed by atoms with E-state index in [4.69, 9.17) is 5.48 Å². The first-order chi connectivity index (χ1) is 24.7. The molecule has 0 N–H and O–H groups in total. The zero-order valence-electron chi connectivity index (χ0n) is 33.1. The lowest BCUT2D eigenvalue weighted by molar-refractivity contribution is 0.639. The molecule has 0 saturated carbocycles. The fraction of sp³-hybridized carbons (Fsp3) is 0.136. The summed E-state index contributed by atoms with van der Waals surface area (Å²) in [6.07, 6.45) is 0. The van der Waals surface area contributed by atoms with Crippen molar-refractivity contribution >= 4 is 21.5 Å². The maximum atomic E-state index is 9.30. The van der Waals surface area contributed by atoms with Gasteiger partial charge in [0.1, 0.15) is 0 Å². The third-order valence-corrected chi connectivity index (χ3v) is 10.1. The van der Waals surface area contributed by atoms with E-state index in [1.54, 1.807) is 0 Å². The molecule has 0 saturated heterocycles. The summed E-state index contributed by atoms with van der Waals surface area (Å²) in [5.74, 6) is 0. The Hall–Kier alpha value is -4.94. The van der Waals surface area contributed by atoms with Crippen LogP contribution in [0.1, 0.15) is 60.9 Å². The Morgan fingerprint density at radius 2 is 0.886 bits per heavy atom. The van der Waals surface area contributed by atoms with E-state index in [2.05, 4.69) is 76.2 Å². The van der Waals surface area contributed by atoms with Gasteiger partial charge in [-0.15, -0.1) is 0 Å². The highest BCUT2D eigenvalue weighted by Crippen LogP contribution is 2.56. The highest BCUT2D eigenvalue weighted by atomic mass is 14.4. The molecule has 44 heavy (non-hydrogen) atoms. The maximum Gasteiger partial charge on any atom is 0.0629 e. The molecule has 2 aliphatic rings. The smallest absolute Gasteiger partial charge is 0.0622 e. The van der Waals surface area contributed by atoms with Crippen LogP contribution < -0.4 is 0 Å². The van der Waals surface area contributed by atoms with Gasteiger partial charge in [0, 0.05) is 10.8 Å². The van der Waals surface area contributed by atoms with Crippen molar-refractivity contribution in [3.05, 3.63) is 156 Å². The number of rotatable bonds is 2. The fourth-order valence-electron chi connectivity index (χ4n) is 7.89. The van der Waals surface area contributed by atoms with E-state index in [0.29, 0.717) is 22.3 Å². The van der Waals surface area contributed by atoms with Crippen LogP contribution in [-0.2, 0) is 10.8 Å². The Balaban J connectivity index is 1.41. The maximum absolute atomic E-state index is 9.30. The fourth-order valence-corrected chi connectivity index (χ4v) is 7.89. The molecule has 0 radical (unpaired) electrons. The van der Waals surface area contributed by atoms with Gasteiger partial charge in [-0.25, -0.2) is 0 Å². The van der Waals surface area contributed by atoms with Crippen molar-refractivity contribution in [3.63, 3.8) is 0 Å². The number of hydrogen-bond donors (Lipinski definition) is 0. The molecule has 0 fully saturated rings. The van der Waals surface area contributed by atoms with Crippen LogP contribution in [0, 0.1) is 0 Å². The zero-order valence-corrected chi connectivity index (χ0v) is 25.1. The van der Waals surface area contributed by atoms with E-state index < -0.39 is 29.6 Å². The van der Waals surface area contributed by atoms with Crippen molar-refractivity contribution in [1.82, 2.24) is 0 Å². The Labute approximate surface area is 270 Å². The van der Waals surface area contributed by atoms with Gasteiger partial charge in [0.25, 0.3) is 0 Å². The summed E-state index contributed by atoms with van der Waals surface area (Å²) in [5, 5.41) is 0.913. The first-order valence-corrected chi connectivity index (χ1v) is 15.1. The molecule has 2 aliphatic carbocycles. The molecule has 0 atom stereocenters. The Bertz CT molecular complexity index is 2680. The number of fused-ring (bicyclic) bond motifs is 8. The van der Waals surface area contributed by atoms with E-state index >= 15 is 0 Å². The van der Waals surface area contributed by atoms with Crippen molar-refractivity contribution in [2.75, 3.05) is 0 Å². The van der Waals surface area contributed by atoms with Crippen LogP contribution >= 0.6 is 0 Å². The molecule has 0 nitrogen and oxygen atoms in total. The van der Waals surface area contributed by atoms with Crippen LogP contribution in [0.15, 0.2) is 133 Å². The van der Waals surface area contributed by atoms with E-state index in [1.807, 2.05) is 36.4 Å². The van der Waals surface area contributed by atoms with Crippen molar-refractivity contribution < 1.29 is 11.0 Å². The van der Waals surface area contributed by atoms with Gasteiger partial charge >= 0.3 is 0 Å². The third-order valence-electron chi connectivity index (χ3n) is 10.1. The molecule has 0 heterocycles. The van der Waals surface area contributed by atoms with Crippen molar-refractivity contribution in [2.45, 2.75) is 38.5 Å². The van der Waals surface area contributed by atoms with Crippen LogP contribution in [-0.4, -0.2) is 0 Å². The van der Waals surface area contributed by atoms with E-state index in [1.165, 1.54) is 27.8 Å². The van der Waals surface area contributed by atoms with E-state index in [0.717, 1.165) is 16.7 Å². The van der Waals surface area contributed by atoms with Gasteiger partial charge in [0.05, 0.1) is 11.0 Å². The normalized spacial score (nSPS) is 17.7.